The van der Waals surface area contributed by atoms with Crippen molar-refractivity contribution >= 4 is 17.7 Å². The highest BCUT2D eigenvalue weighted by molar-refractivity contribution is 5.91. The fraction of sp³-hybridized carbons (Fsp3) is 0.233. The van der Waals surface area contributed by atoms with E-state index in [0.717, 1.165) is 22.3 Å². The number of hydrogen-bond acceptors (Lipinski definition) is 6. The molecule has 1 heterocycles. The van der Waals surface area contributed by atoms with E-state index < -0.39 is 6.09 Å². The number of benzene rings is 3. The number of halogens is 1. The van der Waals surface area contributed by atoms with Gasteiger partial charge in [0.25, 0.3) is 0 Å². The Balaban J connectivity index is 1.41. The summed E-state index contributed by atoms with van der Waals surface area (Å²) in [7, 11) is 0. The monoisotopic (exact) mass is 516 g/mol. The molecule has 8 heteroatoms. The van der Waals surface area contributed by atoms with Crippen LogP contribution < -0.4 is 5.32 Å². The second-order valence-corrected chi connectivity index (χ2v) is 8.75. The second kappa shape index (κ2) is 12.2. The van der Waals surface area contributed by atoms with Crippen LogP contribution in [0.2, 0.25) is 0 Å². The zero-order valence-electron chi connectivity index (χ0n) is 21.5. The molecule has 4 aromatic rings. The van der Waals surface area contributed by atoms with Crippen LogP contribution in [0.15, 0.2) is 77.3 Å². The van der Waals surface area contributed by atoms with Crippen molar-refractivity contribution in [3.63, 3.8) is 0 Å². The lowest BCUT2D eigenvalue weighted by Crippen LogP contribution is -2.16. The molecule has 0 aliphatic heterocycles. The minimum absolute atomic E-state index is 0.0263. The number of anilines is 1. The average molecular weight is 517 g/mol. The third kappa shape index (κ3) is 6.26. The first-order valence-electron chi connectivity index (χ1n) is 12.4. The maximum Gasteiger partial charge on any atom is 0.411 e. The van der Waals surface area contributed by atoms with Gasteiger partial charge in [-0.25, -0.2) is 9.18 Å². The lowest BCUT2D eigenvalue weighted by atomic mass is 9.97. The number of esters is 1. The van der Waals surface area contributed by atoms with Crippen LogP contribution in [-0.2, 0) is 20.7 Å². The molecule has 196 valence electrons. The van der Waals surface area contributed by atoms with Crippen LogP contribution in [0.25, 0.3) is 22.5 Å². The van der Waals surface area contributed by atoms with Crippen molar-refractivity contribution in [3.8, 4) is 22.5 Å². The van der Waals surface area contributed by atoms with Crippen molar-refractivity contribution in [2.75, 3.05) is 18.5 Å². The predicted octanol–water partition coefficient (Wildman–Crippen LogP) is 6.91. The van der Waals surface area contributed by atoms with E-state index in [1.54, 1.807) is 32.0 Å². The third-order valence-electron chi connectivity index (χ3n) is 6.18. The number of aryl methyl sites for hydroxylation is 1. The molecule has 3 aromatic carbocycles. The van der Waals surface area contributed by atoms with Crippen molar-refractivity contribution in [2.24, 2.45) is 0 Å². The highest BCUT2D eigenvalue weighted by atomic mass is 19.1. The smallest absolute Gasteiger partial charge is 0.411 e. The number of carbonyl (C=O) groups excluding carboxylic acids is 2. The van der Waals surface area contributed by atoms with E-state index in [1.165, 1.54) is 6.07 Å². The van der Waals surface area contributed by atoms with Crippen molar-refractivity contribution < 1.29 is 28.0 Å². The highest BCUT2D eigenvalue weighted by Gasteiger charge is 2.19. The van der Waals surface area contributed by atoms with Crippen molar-refractivity contribution in [1.29, 1.82) is 0 Å². The summed E-state index contributed by atoms with van der Waals surface area (Å²) in [5.74, 6) is -0.512. The molecule has 0 radical (unpaired) electrons. The van der Waals surface area contributed by atoms with Crippen LogP contribution in [0.1, 0.15) is 36.6 Å². The summed E-state index contributed by atoms with van der Waals surface area (Å²) in [5, 5.41) is 6.68. The van der Waals surface area contributed by atoms with E-state index >= 15 is 0 Å². The Bertz CT molecular complexity index is 1400. The van der Waals surface area contributed by atoms with Gasteiger partial charge in [0.15, 0.2) is 5.76 Å². The van der Waals surface area contributed by atoms with E-state index in [1.807, 2.05) is 55.5 Å². The summed E-state index contributed by atoms with van der Waals surface area (Å²) in [6.07, 6.45) is -0.414. The minimum Gasteiger partial charge on any atom is -0.466 e. The summed E-state index contributed by atoms with van der Waals surface area (Å²) < 4.78 is 29.6. The van der Waals surface area contributed by atoms with E-state index in [9.17, 15) is 14.0 Å². The number of rotatable bonds is 9. The second-order valence-electron chi connectivity index (χ2n) is 8.75. The van der Waals surface area contributed by atoms with Crippen LogP contribution in [0, 0.1) is 12.7 Å². The fourth-order valence-corrected chi connectivity index (χ4v) is 3.99. The molecular weight excluding hydrogens is 487 g/mol. The third-order valence-corrected chi connectivity index (χ3v) is 6.18. The van der Waals surface area contributed by atoms with Gasteiger partial charge in [0, 0.05) is 12.0 Å². The fourth-order valence-electron chi connectivity index (χ4n) is 3.99. The largest absolute Gasteiger partial charge is 0.466 e. The number of amides is 1. The molecule has 0 bridgehead atoms. The van der Waals surface area contributed by atoms with Gasteiger partial charge in [-0.1, -0.05) is 71.9 Å². The van der Waals surface area contributed by atoms with Gasteiger partial charge in [-0.3, -0.25) is 10.1 Å². The van der Waals surface area contributed by atoms with E-state index in [-0.39, 0.29) is 30.7 Å². The summed E-state index contributed by atoms with van der Waals surface area (Å²) >= 11 is 0. The Morgan fingerprint density at radius 3 is 2.24 bits per heavy atom. The summed E-state index contributed by atoms with van der Waals surface area (Å²) in [5.41, 5.74) is 4.96. The van der Waals surface area contributed by atoms with Gasteiger partial charge in [-0.15, -0.1) is 0 Å². The number of ether oxygens (including phenoxy) is 2. The molecule has 0 saturated carbocycles. The topological polar surface area (TPSA) is 90.7 Å². The Morgan fingerprint density at radius 2 is 1.58 bits per heavy atom. The standard InChI is InChI=1S/C30H29FN2O5/c1-4-36-29(34)19(2)21-9-11-22(12-10-21)23-13-15-25(16-14-23)28-27(20(3)33-38-28)32-30(35)37-18-17-24-7-5-6-8-26(24)31/h5-16,19H,4,17-18H2,1-3H3,(H,32,35). The first-order chi connectivity index (χ1) is 18.4. The molecule has 1 aromatic heterocycles. The number of nitrogens with one attached hydrogen (secondary N) is 1. The summed E-state index contributed by atoms with van der Waals surface area (Å²) in [6, 6.07) is 21.8. The molecule has 1 N–H and O–H groups in total. The summed E-state index contributed by atoms with van der Waals surface area (Å²) in [6.45, 7) is 5.71. The van der Waals surface area contributed by atoms with Gasteiger partial charge in [-0.2, -0.15) is 0 Å². The van der Waals surface area contributed by atoms with Gasteiger partial charge >= 0.3 is 12.1 Å². The van der Waals surface area contributed by atoms with Crippen molar-refractivity contribution in [2.45, 2.75) is 33.1 Å². The van der Waals surface area contributed by atoms with E-state index in [2.05, 4.69) is 10.5 Å². The van der Waals surface area contributed by atoms with Crippen LogP contribution >= 0.6 is 0 Å². The Hall–Kier alpha value is -4.46. The van der Waals surface area contributed by atoms with Gasteiger partial charge < -0.3 is 14.0 Å². The zero-order chi connectivity index (χ0) is 27.1. The normalized spacial score (nSPS) is 11.6. The van der Waals surface area contributed by atoms with Gasteiger partial charge in [-0.05, 0) is 49.1 Å². The van der Waals surface area contributed by atoms with Crippen molar-refractivity contribution in [1.82, 2.24) is 5.16 Å². The minimum atomic E-state index is -0.678. The molecule has 0 aliphatic rings. The number of hydrogen-bond donors (Lipinski definition) is 1. The quantitative estimate of drug-likeness (QED) is 0.243. The Kier molecular flexibility index (Phi) is 8.53. The van der Waals surface area contributed by atoms with Crippen LogP contribution in [0.3, 0.4) is 0 Å². The molecule has 4 rings (SSSR count). The first-order valence-corrected chi connectivity index (χ1v) is 12.4. The molecule has 0 spiro atoms. The van der Waals surface area contributed by atoms with Crippen LogP contribution in [-0.4, -0.2) is 30.4 Å². The highest BCUT2D eigenvalue weighted by Crippen LogP contribution is 2.33. The van der Waals surface area contributed by atoms with Crippen LogP contribution in [0.4, 0.5) is 14.9 Å². The van der Waals surface area contributed by atoms with E-state index in [4.69, 9.17) is 14.0 Å². The Labute approximate surface area is 220 Å². The van der Waals surface area contributed by atoms with Gasteiger partial charge in [0.1, 0.15) is 17.2 Å². The molecule has 1 amide bonds. The molecule has 0 aliphatic carbocycles. The molecule has 38 heavy (non-hydrogen) atoms. The molecule has 1 atom stereocenters. The van der Waals surface area contributed by atoms with Crippen LogP contribution in [0.5, 0.6) is 0 Å². The Morgan fingerprint density at radius 1 is 0.947 bits per heavy atom. The van der Waals surface area contributed by atoms with Gasteiger partial charge in [0.2, 0.25) is 0 Å². The molecule has 0 saturated heterocycles. The lowest BCUT2D eigenvalue weighted by Gasteiger charge is -2.12. The van der Waals surface area contributed by atoms with E-state index in [0.29, 0.717) is 29.3 Å². The van der Waals surface area contributed by atoms with Crippen molar-refractivity contribution in [3.05, 3.63) is 95.4 Å². The number of carbonyl (C=O) groups is 2. The number of nitrogens with zero attached hydrogens (tertiary/aromatic N) is 1. The molecule has 7 nitrogen and oxygen atoms in total. The molecule has 1 unspecified atom stereocenters. The lowest BCUT2D eigenvalue weighted by molar-refractivity contribution is -0.144. The zero-order valence-corrected chi connectivity index (χ0v) is 21.5. The predicted molar refractivity (Wildman–Crippen MR) is 142 cm³/mol. The SMILES string of the molecule is CCOC(=O)C(C)c1ccc(-c2ccc(-c3onc(C)c3NC(=O)OCCc3ccccc3F)cc2)cc1. The average Bonchev–Trinajstić information content (AvgIpc) is 3.29. The maximum absolute atomic E-state index is 13.8. The maximum atomic E-state index is 13.8. The first kappa shape index (κ1) is 26.6. The molecular formula is C30H29FN2O5. The van der Waals surface area contributed by atoms with Gasteiger partial charge in [0.05, 0.1) is 19.1 Å². The number of aromatic nitrogens is 1. The summed E-state index contributed by atoms with van der Waals surface area (Å²) in [4.78, 5) is 24.4. The molecule has 0 fully saturated rings.